The molecule has 0 aliphatic heterocycles. The van der Waals surface area contributed by atoms with Crippen LogP contribution < -0.4 is 5.32 Å². The third-order valence-corrected chi connectivity index (χ3v) is 3.50. The van der Waals surface area contributed by atoms with Crippen LogP contribution in [0.15, 0.2) is 48.5 Å². The molecule has 2 N–H and O–H groups in total. The molecule has 1 atom stereocenters. The topological polar surface area (TPSA) is 75.1 Å². The van der Waals surface area contributed by atoms with Crippen LogP contribution in [0.3, 0.4) is 0 Å². The van der Waals surface area contributed by atoms with Gasteiger partial charge in [0, 0.05) is 5.69 Å². The van der Waals surface area contributed by atoms with Gasteiger partial charge in [0.1, 0.15) is 11.0 Å². The van der Waals surface area contributed by atoms with Gasteiger partial charge >= 0.3 is 5.97 Å². The third-order valence-electron chi connectivity index (χ3n) is 2.94. The van der Waals surface area contributed by atoms with Crippen molar-refractivity contribution in [3.63, 3.8) is 0 Å². The largest absolute Gasteiger partial charge is 0.479 e. The van der Waals surface area contributed by atoms with Crippen molar-refractivity contribution >= 4 is 34.4 Å². The van der Waals surface area contributed by atoms with Gasteiger partial charge in [-0.1, -0.05) is 30.3 Å². The molecule has 100 valence electrons. The van der Waals surface area contributed by atoms with E-state index >= 15 is 0 Å². The highest BCUT2D eigenvalue weighted by molar-refractivity contribution is 7.00. The molecule has 0 bridgehead atoms. The van der Waals surface area contributed by atoms with Crippen molar-refractivity contribution in [1.29, 1.82) is 0 Å². The normalized spacial score (nSPS) is 12.2. The maximum Gasteiger partial charge on any atom is 0.330 e. The summed E-state index contributed by atoms with van der Waals surface area (Å²) in [7, 11) is 0. The van der Waals surface area contributed by atoms with E-state index in [0.717, 1.165) is 22.8 Å². The number of aromatic nitrogens is 2. The molecule has 0 aliphatic carbocycles. The summed E-state index contributed by atoms with van der Waals surface area (Å²) in [5, 5.41) is 12.4. The molecule has 1 heterocycles. The van der Waals surface area contributed by atoms with Crippen LogP contribution >= 0.6 is 11.7 Å². The van der Waals surface area contributed by atoms with Gasteiger partial charge in [0.25, 0.3) is 0 Å². The first kappa shape index (κ1) is 12.6. The van der Waals surface area contributed by atoms with Crippen LogP contribution in [0.25, 0.3) is 11.0 Å². The predicted molar refractivity (Wildman–Crippen MR) is 77.9 cm³/mol. The van der Waals surface area contributed by atoms with E-state index in [4.69, 9.17) is 0 Å². The van der Waals surface area contributed by atoms with Gasteiger partial charge in [0.2, 0.25) is 0 Å². The molecule has 20 heavy (non-hydrogen) atoms. The van der Waals surface area contributed by atoms with Gasteiger partial charge in [0.05, 0.1) is 11.7 Å². The number of nitrogens with zero attached hydrogens (tertiary/aromatic N) is 2. The minimum Gasteiger partial charge on any atom is -0.479 e. The highest BCUT2D eigenvalue weighted by Gasteiger charge is 2.19. The average Bonchev–Trinajstić information content (AvgIpc) is 2.93. The van der Waals surface area contributed by atoms with Gasteiger partial charge in [-0.15, -0.1) is 0 Å². The van der Waals surface area contributed by atoms with E-state index in [-0.39, 0.29) is 0 Å². The highest BCUT2D eigenvalue weighted by Crippen LogP contribution is 2.23. The lowest BCUT2D eigenvalue weighted by molar-refractivity contribution is -0.138. The lowest BCUT2D eigenvalue weighted by atomic mass is 10.1. The summed E-state index contributed by atoms with van der Waals surface area (Å²) in [6.45, 7) is 0. The van der Waals surface area contributed by atoms with Crippen molar-refractivity contribution in [2.24, 2.45) is 0 Å². The summed E-state index contributed by atoms with van der Waals surface area (Å²) in [6.07, 6.45) is 0. The molecular formula is C14H11N3O2S. The molecule has 5 nitrogen and oxygen atoms in total. The molecule has 0 radical (unpaired) electrons. The number of nitrogens with one attached hydrogen (secondary N) is 1. The number of anilines is 1. The van der Waals surface area contributed by atoms with E-state index in [1.54, 1.807) is 18.2 Å². The summed E-state index contributed by atoms with van der Waals surface area (Å²) in [5.74, 6) is -0.923. The van der Waals surface area contributed by atoms with Crippen molar-refractivity contribution < 1.29 is 9.90 Å². The Morgan fingerprint density at radius 2 is 1.85 bits per heavy atom. The fourth-order valence-corrected chi connectivity index (χ4v) is 2.49. The smallest absolute Gasteiger partial charge is 0.330 e. The zero-order chi connectivity index (χ0) is 13.9. The lowest BCUT2D eigenvalue weighted by Crippen LogP contribution is -2.20. The second kappa shape index (κ2) is 5.26. The Kier molecular flexibility index (Phi) is 3.30. The van der Waals surface area contributed by atoms with Gasteiger partial charge in [-0.3, -0.25) is 0 Å². The van der Waals surface area contributed by atoms with Crippen LogP contribution in [-0.4, -0.2) is 19.8 Å². The van der Waals surface area contributed by atoms with E-state index < -0.39 is 12.0 Å². The Bertz CT molecular complexity index is 742. The number of rotatable bonds is 4. The van der Waals surface area contributed by atoms with E-state index in [1.165, 1.54) is 0 Å². The monoisotopic (exact) mass is 285 g/mol. The molecule has 0 saturated heterocycles. The summed E-state index contributed by atoms with van der Waals surface area (Å²) in [6, 6.07) is 13.7. The van der Waals surface area contributed by atoms with Gasteiger partial charge in [-0.25, -0.2) is 4.79 Å². The van der Waals surface area contributed by atoms with Crippen LogP contribution in [-0.2, 0) is 4.79 Å². The number of carboxylic acid groups (broad SMARTS) is 1. The fraction of sp³-hybridized carbons (Fsp3) is 0.0714. The molecule has 1 unspecified atom stereocenters. The van der Waals surface area contributed by atoms with E-state index in [1.807, 2.05) is 30.3 Å². The van der Waals surface area contributed by atoms with Crippen LogP contribution in [0.2, 0.25) is 0 Å². The Hall–Kier alpha value is -2.47. The number of carboxylic acids is 1. The minimum atomic E-state index is -0.923. The Labute approximate surface area is 119 Å². The van der Waals surface area contributed by atoms with Gasteiger partial charge in [-0.05, 0) is 23.8 Å². The van der Waals surface area contributed by atoms with E-state index in [2.05, 4.69) is 14.1 Å². The summed E-state index contributed by atoms with van der Waals surface area (Å²) < 4.78 is 8.27. The molecule has 3 aromatic rings. The molecule has 3 rings (SSSR count). The van der Waals surface area contributed by atoms with Gasteiger partial charge in [-0.2, -0.15) is 8.75 Å². The minimum absolute atomic E-state index is 0.705. The van der Waals surface area contributed by atoms with Crippen molar-refractivity contribution in [3.05, 3.63) is 54.1 Å². The quantitative estimate of drug-likeness (QED) is 0.771. The van der Waals surface area contributed by atoms with Crippen molar-refractivity contribution in [2.75, 3.05) is 5.32 Å². The second-order valence-electron chi connectivity index (χ2n) is 4.29. The highest BCUT2D eigenvalue weighted by atomic mass is 32.1. The van der Waals surface area contributed by atoms with Crippen LogP contribution in [0.1, 0.15) is 11.6 Å². The van der Waals surface area contributed by atoms with Crippen molar-refractivity contribution in [3.8, 4) is 0 Å². The van der Waals surface area contributed by atoms with Crippen molar-refractivity contribution in [1.82, 2.24) is 8.75 Å². The first-order valence-corrected chi connectivity index (χ1v) is 6.74. The second-order valence-corrected chi connectivity index (χ2v) is 4.82. The first-order valence-electron chi connectivity index (χ1n) is 6.00. The number of fused-ring (bicyclic) bond motifs is 1. The Morgan fingerprint density at radius 3 is 2.60 bits per heavy atom. The number of benzene rings is 2. The average molecular weight is 285 g/mol. The van der Waals surface area contributed by atoms with Crippen LogP contribution in [0.5, 0.6) is 0 Å². The Morgan fingerprint density at radius 1 is 1.10 bits per heavy atom. The van der Waals surface area contributed by atoms with E-state index in [0.29, 0.717) is 11.3 Å². The summed E-state index contributed by atoms with van der Waals surface area (Å²) in [4.78, 5) is 11.4. The number of hydrogen-bond acceptors (Lipinski definition) is 5. The SMILES string of the molecule is O=C(O)C(Nc1ccc2nsnc2c1)c1ccccc1. The van der Waals surface area contributed by atoms with Gasteiger partial charge in [0.15, 0.2) is 6.04 Å². The summed E-state index contributed by atoms with van der Waals surface area (Å²) >= 11 is 1.14. The maximum absolute atomic E-state index is 11.4. The number of hydrogen-bond donors (Lipinski definition) is 2. The van der Waals surface area contributed by atoms with Crippen molar-refractivity contribution in [2.45, 2.75) is 6.04 Å². The zero-order valence-electron chi connectivity index (χ0n) is 10.4. The lowest BCUT2D eigenvalue weighted by Gasteiger charge is -2.16. The number of carbonyl (C=O) groups is 1. The predicted octanol–water partition coefficient (Wildman–Crippen LogP) is 2.93. The number of aliphatic carboxylic acids is 1. The molecule has 0 fully saturated rings. The standard InChI is InChI=1S/C14H11N3O2S/c18-14(19)13(9-4-2-1-3-5-9)15-10-6-7-11-12(8-10)17-20-16-11/h1-8,13,15H,(H,18,19). The third kappa shape index (κ3) is 2.46. The Balaban J connectivity index is 1.91. The van der Waals surface area contributed by atoms with Crippen LogP contribution in [0.4, 0.5) is 5.69 Å². The maximum atomic E-state index is 11.4. The first-order chi connectivity index (χ1) is 9.74. The molecule has 0 aliphatic rings. The molecule has 6 heteroatoms. The molecule has 0 saturated carbocycles. The molecule has 2 aromatic carbocycles. The summed E-state index contributed by atoms with van der Waals surface area (Å²) in [5.41, 5.74) is 2.99. The molecule has 1 aromatic heterocycles. The molecule has 0 amide bonds. The van der Waals surface area contributed by atoms with Gasteiger partial charge < -0.3 is 10.4 Å². The fourth-order valence-electron chi connectivity index (χ4n) is 1.97. The van der Waals surface area contributed by atoms with E-state index in [9.17, 15) is 9.90 Å². The zero-order valence-corrected chi connectivity index (χ0v) is 11.2. The van der Waals surface area contributed by atoms with Crippen LogP contribution in [0, 0.1) is 0 Å². The molecule has 0 spiro atoms. The molecular weight excluding hydrogens is 274 g/mol.